The molecule has 2 rings (SSSR count). The number of amides is 1. The van der Waals surface area contributed by atoms with Crippen LogP contribution in [0.5, 0.6) is 5.75 Å². The average molecular weight is 454 g/mol. The zero-order valence-corrected chi connectivity index (χ0v) is 21.3. The first-order chi connectivity index (χ1) is 14.4. The van der Waals surface area contributed by atoms with Crippen LogP contribution in [0, 0.1) is 0 Å². The Kier molecular flexibility index (Phi) is 8.35. The van der Waals surface area contributed by atoms with E-state index in [2.05, 4.69) is 39.3 Å². The summed E-state index contributed by atoms with van der Waals surface area (Å²) in [6, 6.07) is 1.20. The third-order valence-electron chi connectivity index (χ3n) is 6.15. The minimum atomic E-state index is -2.02. The third kappa shape index (κ3) is 5.70. The van der Waals surface area contributed by atoms with Gasteiger partial charge in [0, 0.05) is 19.4 Å². The van der Waals surface area contributed by atoms with Crippen molar-refractivity contribution in [1.29, 1.82) is 0 Å². The summed E-state index contributed by atoms with van der Waals surface area (Å²) in [5.41, 5.74) is 3.26. The molecule has 1 amide bonds. The van der Waals surface area contributed by atoms with Gasteiger partial charge in [-0.25, -0.2) is 0 Å². The highest BCUT2D eigenvalue weighted by Gasteiger charge is 2.42. The molecule has 0 spiro atoms. The van der Waals surface area contributed by atoms with Gasteiger partial charge < -0.3 is 24.2 Å². The molecule has 0 aliphatic carbocycles. The Hall–Kier alpha value is -1.84. The van der Waals surface area contributed by atoms with Crippen LogP contribution in [0.15, 0.2) is 17.1 Å². The largest absolute Gasteiger partial charge is 0.487 e. The maximum atomic E-state index is 13.6. The predicted molar refractivity (Wildman–Crippen MR) is 125 cm³/mol. The fraction of sp³-hybridized carbons (Fsp3) is 0.727. The summed E-state index contributed by atoms with van der Waals surface area (Å²) < 4.78 is 19.1. The molecule has 0 radical (unpaired) electrons. The predicted octanol–water partition coefficient (Wildman–Crippen LogP) is 3.41. The van der Waals surface area contributed by atoms with E-state index in [9.17, 15) is 9.59 Å². The van der Waals surface area contributed by atoms with E-state index in [0.717, 1.165) is 12.8 Å². The zero-order chi connectivity index (χ0) is 23.4. The molecule has 0 fully saturated rings. The van der Waals surface area contributed by atoms with Gasteiger partial charge in [-0.1, -0.05) is 34.1 Å². The highest BCUT2D eigenvalue weighted by molar-refractivity contribution is 6.74. The van der Waals surface area contributed by atoms with Crippen molar-refractivity contribution in [1.82, 2.24) is 9.58 Å². The van der Waals surface area contributed by atoms with E-state index in [1.165, 1.54) is 6.07 Å². The topological polar surface area (TPSA) is 82.0 Å². The maximum absolute atomic E-state index is 13.6. The number of hydrogen-bond acceptors (Lipinski definition) is 6. The number of carbonyl (C=O) groups is 1. The molecule has 1 aromatic heterocycles. The van der Waals surface area contributed by atoms with Crippen molar-refractivity contribution >= 4 is 14.2 Å². The van der Waals surface area contributed by atoms with Gasteiger partial charge in [0.05, 0.1) is 25.9 Å². The quantitative estimate of drug-likeness (QED) is 0.432. The summed E-state index contributed by atoms with van der Waals surface area (Å²) in [6.07, 6.45) is 2.93. The molecule has 0 bridgehead atoms. The van der Waals surface area contributed by atoms with E-state index in [1.54, 1.807) is 22.9 Å². The van der Waals surface area contributed by atoms with Crippen LogP contribution >= 0.6 is 0 Å². The summed E-state index contributed by atoms with van der Waals surface area (Å²) in [5, 5.41) is 0.0530. The molecule has 1 aromatic rings. The van der Waals surface area contributed by atoms with Crippen LogP contribution in [-0.2, 0) is 9.16 Å². The number of ether oxygens (including phenoxy) is 2. The van der Waals surface area contributed by atoms with E-state index in [4.69, 9.17) is 13.9 Å². The standard InChI is InChI=1S/C22H39N3O5Si/c1-9-10-13-29-20-17(26)11-12-24-19(20)21(27)25(16(2)14-28-6)18(23-24)15-30-31(7,8)22(3,4)5/h11-12,16,18,23H,9-10,13-15H2,1-8H3/t16-,18?/m0/s1. The SMILES string of the molecule is CCCCOc1c2n(ccc1=O)NC(CO[Si](C)(C)C(C)(C)C)N([C@@H](C)COC)C2=O. The van der Waals surface area contributed by atoms with Crippen molar-refractivity contribution in [3.63, 3.8) is 0 Å². The number of carbonyl (C=O) groups excluding carboxylic acids is 1. The fourth-order valence-electron chi connectivity index (χ4n) is 3.22. The van der Waals surface area contributed by atoms with Crippen molar-refractivity contribution in [2.45, 2.75) is 77.8 Å². The minimum Gasteiger partial charge on any atom is -0.487 e. The Morgan fingerprint density at radius 3 is 2.52 bits per heavy atom. The van der Waals surface area contributed by atoms with Crippen LogP contribution in [0.3, 0.4) is 0 Å². The fourth-order valence-corrected chi connectivity index (χ4v) is 4.23. The number of nitrogens with zero attached hydrogens (tertiary/aromatic N) is 2. The molecule has 1 aliphatic rings. The second kappa shape index (κ2) is 10.2. The molecule has 9 heteroatoms. The molecule has 2 heterocycles. The van der Waals surface area contributed by atoms with Crippen molar-refractivity contribution in [3.05, 3.63) is 28.2 Å². The number of hydrogen-bond donors (Lipinski definition) is 1. The van der Waals surface area contributed by atoms with Gasteiger partial charge in [0.1, 0.15) is 6.17 Å². The van der Waals surface area contributed by atoms with Crippen molar-refractivity contribution in [2.24, 2.45) is 0 Å². The van der Waals surface area contributed by atoms with Gasteiger partial charge in [-0.2, -0.15) is 0 Å². The normalized spacial score (nSPS) is 17.9. The summed E-state index contributed by atoms with van der Waals surface area (Å²) in [5.74, 6) is -0.178. The monoisotopic (exact) mass is 453 g/mol. The number of rotatable bonds is 10. The maximum Gasteiger partial charge on any atom is 0.278 e. The Balaban J connectivity index is 2.41. The van der Waals surface area contributed by atoms with Gasteiger partial charge in [-0.15, -0.1) is 0 Å². The molecule has 1 unspecified atom stereocenters. The van der Waals surface area contributed by atoms with E-state index < -0.39 is 14.5 Å². The Morgan fingerprint density at radius 1 is 1.26 bits per heavy atom. The van der Waals surface area contributed by atoms with Crippen LogP contribution in [0.4, 0.5) is 0 Å². The first kappa shape index (κ1) is 25.4. The average Bonchev–Trinajstić information content (AvgIpc) is 2.67. The van der Waals surface area contributed by atoms with E-state index in [0.29, 0.717) is 19.8 Å². The third-order valence-corrected chi connectivity index (χ3v) is 10.7. The lowest BCUT2D eigenvalue weighted by Gasteiger charge is -2.44. The number of aromatic nitrogens is 1. The molecule has 1 N–H and O–H groups in total. The molecular formula is C22H39N3O5Si. The first-order valence-corrected chi connectivity index (χ1v) is 14.0. The minimum absolute atomic E-state index is 0.0530. The Labute approximate surface area is 187 Å². The van der Waals surface area contributed by atoms with Gasteiger partial charge in [-0.05, 0) is 31.5 Å². The lowest BCUT2D eigenvalue weighted by Crippen LogP contribution is -2.61. The second-order valence-corrected chi connectivity index (χ2v) is 14.5. The summed E-state index contributed by atoms with van der Waals surface area (Å²) in [7, 11) is -0.412. The van der Waals surface area contributed by atoms with Gasteiger partial charge in [0.15, 0.2) is 19.8 Å². The van der Waals surface area contributed by atoms with Crippen LogP contribution in [-0.4, -0.2) is 62.9 Å². The number of pyridine rings is 1. The van der Waals surface area contributed by atoms with Gasteiger partial charge in [0.25, 0.3) is 5.91 Å². The molecule has 0 aromatic carbocycles. The molecular weight excluding hydrogens is 414 g/mol. The smallest absolute Gasteiger partial charge is 0.278 e. The van der Waals surface area contributed by atoms with Crippen molar-refractivity contribution < 1.29 is 18.7 Å². The number of nitrogens with one attached hydrogen (secondary N) is 1. The molecule has 0 saturated carbocycles. The Morgan fingerprint density at radius 2 is 1.94 bits per heavy atom. The molecule has 176 valence electrons. The van der Waals surface area contributed by atoms with Crippen LogP contribution < -0.4 is 15.6 Å². The van der Waals surface area contributed by atoms with Crippen molar-refractivity contribution in [2.75, 3.05) is 32.4 Å². The van der Waals surface area contributed by atoms with E-state index in [-0.39, 0.29) is 33.9 Å². The highest BCUT2D eigenvalue weighted by Crippen LogP contribution is 2.37. The lowest BCUT2D eigenvalue weighted by atomic mass is 10.2. The van der Waals surface area contributed by atoms with Gasteiger partial charge in [0.2, 0.25) is 5.43 Å². The second-order valence-electron chi connectivity index (χ2n) is 9.66. The molecule has 1 aliphatic heterocycles. The van der Waals surface area contributed by atoms with Crippen LogP contribution in [0.2, 0.25) is 18.1 Å². The van der Waals surface area contributed by atoms with E-state index in [1.807, 2.05) is 13.8 Å². The molecule has 8 nitrogen and oxygen atoms in total. The Bertz CT molecular complexity index is 818. The van der Waals surface area contributed by atoms with Crippen LogP contribution in [0.25, 0.3) is 0 Å². The summed E-state index contributed by atoms with van der Waals surface area (Å²) in [6.45, 7) is 16.0. The van der Waals surface area contributed by atoms with Crippen molar-refractivity contribution in [3.8, 4) is 5.75 Å². The molecule has 2 atom stereocenters. The van der Waals surface area contributed by atoms with E-state index >= 15 is 0 Å². The zero-order valence-electron chi connectivity index (χ0n) is 20.3. The molecule has 0 saturated heterocycles. The summed E-state index contributed by atoms with van der Waals surface area (Å²) in [4.78, 5) is 27.8. The summed E-state index contributed by atoms with van der Waals surface area (Å²) >= 11 is 0. The lowest BCUT2D eigenvalue weighted by molar-refractivity contribution is 0.0293. The van der Waals surface area contributed by atoms with Gasteiger partial charge in [-0.3, -0.25) is 14.3 Å². The first-order valence-electron chi connectivity index (χ1n) is 11.0. The molecule has 31 heavy (non-hydrogen) atoms. The number of fused-ring (bicyclic) bond motifs is 1. The van der Waals surface area contributed by atoms with Gasteiger partial charge >= 0.3 is 0 Å². The highest BCUT2D eigenvalue weighted by atomic mass is 28.4. The number of unbranched alkanes of at least 4 members (excludes halogenated alkanes) is 1. The number of methoxy groups -OCH3 is 1. The van der Waals surface area contributed by atoms with Crippen LogP contribution in [0.1, 0.15) is 57.9 Å².